The van der Waals surface area contributed by atoms with Crippen LogP contribution in [0.15, 0.2) is 42.5 Å². The van der Waals surface area contributed by atoms with Crippen LogP contribution in [0.2, 0.25) is 0 Å². The van der Waals surface area contributed by atoms with Crippen LogP contribution in [-0.4, -0.2) is 22.2 Å². The highest BCUT2D eigenvalue weighted by Crippen LogP contribution is 2.31. The molecule has 0 radical (unpaired) electrons. The van der Waals surface area contributed by atoms with Crippen LogP contribution in [0, 0.1) is 20.2 Å². The Hall–Kier alpha value is -3.33. The second kappa shape index (κ2) is 6.62. The number of hydrogen-bond donors (Lipinski definition) is 2. The lowest BCUT2D eigenvalue weighted by atomic mass is 10.1. The summed E-state index contributed by atoms with van der Waals surface area (Å²) in [6.07, 6.45) is 0. The number of nitrogens with two attached hydrogens (primary N) is 1. The number of non-ortho nitro benzene ring substituents is 1. The number of nitrogens with one attached hydrogen (secondary N) is 1. The summed E-state index contributed by atoms with van der Waals surface area (Å²) in [5, 5.41) is 24.5. The fourth-order valence-electron chi connectivity index (χ4n) is 1.90. The van der Waals surface area contributed by atoms with E-state index in [4.69, 9.17) is 5.73 Å². The first kappa shape index (κ1) is 16.0. The third-order valence-electron chi connectivity index (χ3n) is 3.06. The van der Waals surface area contributed by atoms with Gasteiger partial charge < -0.3 is 11.1 Å². The zero-order valence-corrected chi connectivity index (χ0v) is 11.8. The molecule has 23 heavy (non-hydrogen) atoms. The molecule has 0 aromatic heterocycles. The summed E-state index contributed by atoms with van der Waals surface area (Å²) in [4.78, 5) is 31.8. The molecule has 0 saturated carbocycles. The van der Waals surface area contributed by atoms with Crippen molar-refractivity contribution in [1.29, 1.82) is 0 Å². The molecule has 0 aliphatic rings. The molecule has 0 heterocycles. The van der Waals surface area contributed by atoms with E-state index in [1.165, 1.54) is 24.3 Å². The molecule has 3 N–H and O–H groups in total. The van der Waals surface area contributed by atoms with Gasteiger partial charge in [0.1, 0.15) is 5.69 Å². The summed E-state index contributed by atoms with van der Waals surface area (Å²) in [7, 11) is 0. The Balaban J connectivity index is 2.30. The number of nitro groups is 2. The lowest BCUT2D eigenvalue weighted by Crippen LogP contribution is -2.13. The largest absolute Gasteiger partial charge is 0.350 e. The Bertz CT molecular complexity index is 773. The average Bonchev–Trinajstić information content (AvgIpc) is 2.54. The van der Waals surface area contributed by atoms with Gasteiger partial charge in [0.05, 0.1) is 22.5 Å². The van der Waals surface area contributed by atoms with Gasteiger partial charge in [-0.15, -0.1) is 0 Å². The van der Waals surface area contributed by atoms with Crippen molar-refractivity contribution in [3.8, 4) is 0 Å². The summed E-state index contributed by atoms with van der Waals surface area (Å²) in [5.74, 6) is -0.224. The number of carbonyl (C=O) groups excluding carboxylic acids is 1. The van der Waals surface area contributed by atoms with E-state index in [2.05, 4.69) is 5.32 Å². The maximum Gasteiger partial charge on any atom is 0.299 e. The van der Waals surface area contributed by atoms with Crippen molar-refractivity contribution in [1.82, 2.24) is 0 Å². The highest BCUT2D eigenvalue weighted by atomic mass is 16.6. The van der Waals surface area contributed by atoms with Crippen LogP contribution in [-0.2, 0) is 0 Å². The molecule has 0 aliphatic carbocycles. The summed E-state index contributed by atoms with van der Waals surface area (Å²) in [6.45, 7) is -0.111. The first-order chi connectivity index (χ1) is 10.9. The highest BCUT2D eigenvalue weighted by molar-refractivity contribution is 5.97. The number of nitro benzene ring substituents is 2. The number of ketones is 1. The molecule has 9 heteroatoms. The Morgan fingerprint density at radius 1 is 1.04 bits per heavy atom. The van der Waals surface area contributed by atoms with Crippen molar-refractivity contribution < 1.29 is 14.6 Å². The van der Waals surface area contributed by atoms with E-state index in [0.29, 0.717) is 11.3 Å². The third kappa shape index (κ3) is 3.66. The molecular weight excluding hydrogens is 304 g/mol. The lowest BCUT2D eigenvalue weighted by Gasteiger charge is -2.07. The van der Waals surface area contributed by atoms with Crippen molar-refractivity contribution in [3.63, 3.8) is 0 Å². The number of benzene rings is 2. The molecule has 0 aliphatic heterocycles. The number of nitrogens with zero attached hydrogens (tertiary/aromatic N) is 2. The van der Waals surface area contributed by atoms with Crippen LogP contribution in [0.25, 0.3) is 0 Å². The summed E-state index contributed by atoms with van der Waals surface area (Å²) in [5.41, 5.74) is 5.51. The predicted octanol–water partition coefficient (Wildman–Crippen LogP) is 2.39. The van der Waals surface area contributed by atoms with Gasteiger partial charge in [0.15, 0.2) is 5.78 Å². The van der Waals surface area contributed by atoms with E-state index in [1.807, 2.05) is 0 Å². The molecule has 9 nitrogen and oxygen atoms in total. The zero-order chi connectivity index (χ0) is 17.0. The molecule has 0 saturated heterocycles. The van der Waals surface area contributed by atoms with Gasteiger partial charge in [0.2, 0.25) is 0 Å². The number of carbonyl (C=O) groups is 1. The van der Waals surface area contributed by atoms with Crippen LogP contribution >= 0.6 is 0 Å². The van der Waals surface area contributed by atoms with Gasteiger partial charge in [-0.3, -0.25) is 25.0 Å². The van der Waals surface area contributed by atoms with Gasteiger partial charge in [-0.1, -0.05) is 0 Å². The second-order valence-electron chi connectivity index (χ2n) is 4.55. The number of hydrogen-bond acceptors (Lipinski definition) is 7. The van der Waals surface area contributed by atoms with E-state index < -0.39 is 15.5 Å². The van der Waals surface area contributed by atoms with Gasteiger partial charge in [0, 0.05) is 17.3 Å². The number of rotatable bonds is 6. The van der Waals surface area contributed by atoms with E-state index in [9.17, 15) is 25.0 Å². The van der Waals surface area contributed by atoms with E-state index in [1.54, 1.807) is 12.1 Å². The topological polar surface area (TPSA) is 141 Å². The van der Waals surface area contributed by atoms with Gasteiger partial charge in [-0.25, -0.2) is 0 Å². The fourth-order valence-corrected chi connectivity index (χ4v) is 1.90. The second-order valence-corrected chi connectivity index (χ2v) is 4.55. The molecule has 0 bridgehead atoms. The first-order valence-electron chi connectivity index (χ1n) is 6.45. The molecule has 2 rings (SSSR count). The maximum atomic E-state index is 11.4. The van der Waals surface area contributed by atoms with Crippen molar-refractivity contribution >= 4 is 28.5 Å². The summed E-state index contributed by atoms with van der Waals surface area (Å²) >= 11 is 0. The number of anilines is 2. The minimum Gasteiger partial charge on any atom is -0.350 e. The standard InChI is InChI=1S/C14H12N4O5/c15-8-14(19)9-1-3-10(4-2-9)16-12-6-5-11(17(20)21)7-13(12)18(22)23/h1-7,16H,8,15H2. The normalized spacial score (nSPS) is 10.1. The molecule has 0 fully saturated rings. The highest BCUT2D eigenvalue weighted by Gasteiger charge is 2.19. The summed E-state index contributed by atoms with van der Waals surface area (Å²) < 4.78 is 0. The van der Waals surface area contributed by atoms with Crippen LogP contribution in [0.4, 0.5) is 22.7 Å². The SMILES string of the molecule is NCC(=O)c1ccc(Nc2ccc([N+](=O)[O-])cc2[N+](=O)[O-])cc1. The molecule has 118 valence electrons. The zero-order valence-electron chi connectivity index (χ0n) is 11.8. The molecule has 0 unspecified atom stereocenters. The number of Topliss-reactive ketones (excluding diaryl/α,β-unsaturated/α-hetero) is 1. The molecule has 2 aromatic rings. The Morgan fingerprint density at radius 3 is 2.22 bits per heavy atom. The average molecular weight is 316 g/mol. The van der Waals surface area contributed by atoms with Crippen molar-refractivity contribution in [2.24, 2.45) is 5.73 Å². The minimum atomic E-state index is -0.707. The molecule has 0 spiro atoms. The Labute approximate surface area is 130 Å². The molecule has 0 amide bonds. The van der Waals surface area contributed by atoms with E-state index in [-0.39, 0.29) is 23.7 Å². The smallest absolute Gasteiger partial charge is 0.299 e. The fraction of sp³-hybridized carbons (Fsp3) is 0.0714. The van der Waals surface area contributed by atoms with E-state index >= 15 is 0 Å². The maximum absolute atomic E-state index is 11.4. The van der Waals surface area contributed by atoms with Gasteiger partial charge in [-0.05, 0) is 30.3 Å². The quantitative estimate of drug-likeness (QED) is 0.473. The molecular formula is C14H12N4O5. The Morgan fingerprint density at radius 2 is 1.70 bits per heavy atom. The molecule has 2 aromatic carbocycles. The van der Waals surface area contributed by atoms with Crippen molar-refractivity contribution in [2.75, 3.05) is 11.9 Å². The Kier molecular flexibility index (Phi) is 4.62. The van der Waals surface area contributed by atoms with Crippen LogP contribution in [0.5, 0.6) is 0 Å². The molecule has 0 atom stereocenters. The lowest BCUT2D eigenvalue weighted by molar-refractivity contribution is -0.393. The van der Waals surface area contributed by atoms with Gasteiger partial charge >= 0.3 is 0 Å². The predicted molar refractivity (Wildman–Crippen MR) is 82.9 cm³/mol. The first-order valence-corrected chi connectivity index (χ1v) is 6.45. The van der Waals surface area contributed by atoms with Crippen LogP contribution in [0.3, 0.4) is 0 Å². The van der Waals surface area contributed by atoms with E-state index in [0.717, 1.165) is 6.07 Å². The third-order valence-corrected chi connectivity index (χ3v) is 3.06. The summed E-state index contributed by atoms with van der Waals surface area (Å²) in [6, 6.07) is 9.51. The van der Waals surface area contributed by atoms with Crippen molar-refractivity contribution in [3.05, 3.63) is 68.3 Å². The van der Waals surface area contributed by atoms with Crippen LogP contribution in [0.1, 0.15) is 10.4 Å². The minimum absolute atomic E-state index is 0.110. The van der Waals surface area contributed by atoms with Gasteiger partial charge in [-0.2, -0.15) is 0 Å². The van der Waals surface area contributed by atoms with Gasteiger partial charge in [0.25, 0.3) is 11.4 Å². The van der Waals surface area contributed by atoms with Crippen molar-refractivity contribution in [2.45, 2.75) is 0 Å². The van der Waals surface area contributed by atoms with Crippen LogP contribution < -0.4 is 11.1 Å². The monoisotopic (exact) mass is 316 g/mol.